The predicted octanol–water partition coefficient (Wildman–Crippen LogP) is 17.5. The van der Waals surface area contributed by atoms with Gasteiger partial charge < -0.3 is 44.9 Å². The highest BCUT2D eigenvalue weighted by Crippen LogP contribution is 2.47. The van der Waals surface area contributed by atoms with Crippen molar-refractivity contribution in [3.05, 3.63) is 332 Å². The molecule has 23 rings (SSSR count). The minimum Gasteiger partial charge on any atom is -0.481 e. The molecule has 145 heavy (non-hydrogen) atoms. The number of carboxylic acids is 4. The summed E-state index contributed by atoms with van der Waals surface area (Å²) in [5, 5.41) is 42.3. The normalized spacial score (nSPS) is 23.3. The summed E-state index contributed by atoms with van der Waals surface area (Å²) in [5.41, 5.74) is 14.2. The molecule has 4 fully saturated rings. The van der Waals surface area contributed by atoms with E-state index in [2.05, 4.69) is 6.07 Å². The molecule has 0 radical (unpaired) electrons. The Hall–Kier alpha value is -15.4. The molecule has 0 aromatic heterocycles. The van der Waals surface area contributed by atoms with E-state index in [1.165, 1.54) is 20.3 Å². The molecular weight excluding hydrogens is 1830 g/mol. The second-order valence-electron chi connectivity index (χ2n) is 40.4. The number of aliphatic carboxylic acids is 4. The van der Waals surface area contributed by atoms with Crippen LogP contribution in [-0.2, 0) is 70.6 Å². The summed E-state index contributed by atoms with van der Waals surface area (Å²) in [4.78, 5) is 210. The van der Waals surface area contributed by atoms with Gasteiger partial charge in [-0.15, -0.1) is 0 Å². The number of hydrogen-bond acceptors (Lipinski definition) is 15. The Kier molecular flexibility index (Phi) is 27.8. The maximum absolute atomic E-state index is 13.9. The molecule has 11 amide bonds. The van der Waals surface area contributed by atoms with Crippen LogP contribution in [0.1, 0.15) is 249 Å². The van der Waals surface area contributed by atoms with Crippen LogP contribution in [0, 0.1) is 47.3 Å². The third kappa shape index (κ3) is 18.6. The summed E-state index contributed by atoms with van der Waals surface area (Å²) >= 11 is 0. The number of carboxylic acid groups (broad SMARTS) is 4. The Morgan fingerprint density at radius 1 is 0.255 bits per heavy atom. The highest BCUT2D eigenvalue weighted by molar-refractivity contribution is 6.27. The van der Waals surface area contributed by atoms with E-state index in [9.17, 15) is 92.3 Å². The van der Waals surface area contributed by atoms with Gasteiger partial charge in [0.05, 0.1) is 113 Å². The third-order valence-corrected chi connectivity index (χ3v) is 32.5. The molecule has 12 aliphatic rings. The van der Waals surface area contributed by atoms with Crippen molar-refractivity contribution >= 4 is 110 Å². The van der Waals surface area contributed by atoms with Crippen LogP contribution in [0.4, 0.5) is 0 Å². The van der Waals surface area contributed by atoms with Crippen molar-refractivity contribution < 1.29 is 92.3 Å². The van der Waals surface area contributed by atoms with E-state index in [1.807, 2.05) is 216 Å². The molecule has 0 bridgehead atoms. The minimum absolute atomic E-state index is 0.00266. The van der Waals surface area contributed by atoms with Crippen molar-refractivity contribution in [3.8, 4) is 11.1 Å². The third-order valence-electron chi connectivity index (χ3n) is 32.5. The van der Waals surface area contributed by atoms with Crippen molar-refractivity contribution in [2.24, 2.45) is 47.3 Å². The standard InChI is InChI=1S/C32H30N2O5.2C30H28N2O5.C26H28N2O4/c35-29(24-12-6-7-13-26(24)32(38)39)33-17-16-21-10-4-5-11-23(21)28(33)19-34-30(36)25-15-14-22(18-27(25)31(34)37)20-8-2-1-3-9-20;33-27(22-11-5-6-12-23(22)30(36)37)31-16-15-19-8-1-3-9-20(19)25(31)17-32-28(34)24-14-13-18-7-2-4-10-21(18)26(24)29(32)35;33-27(21-11-3-4-12-22(21)30(36)37)31-16-15-18-7-1-2-10-20(18)25(31)17-32-28(34)23-13-5-8-19-9-6-14-24(26(19)23)29(32)35;29-24-20-10-4-2-8-18(20)15-27(24)16-23-19-9-3-1-7-17(19)13-14-28(23)25(30)21-11-5-6-12-22(21)26(31)32/h1-5,8-11,14-15,18,24,26,28H,6-7,12-13,16-17,19H2,(H,38,39);1-4,7-10,13-14,22-23,25H,5-6,11-12,15-17H2,(H,36,37);1-2,5-10,13-14,21-22,25H,3-4,11-12,15-17H2,(H,36,37);1-4,7-10,21-23H,5-6,11-16H2,(H,31,32). The van der Waals surface area contributed by atoms with Crippen LogP contribution >= 0.6 is 0 Å². The molecule has 11 aromatic rings. The lowest BCUT2D eigenvalue weighted by Gasteiger charge is -2.42. The number of carbonyl (C=O) groups is 15. The molecule has 12 atom stereocenters. The first-order valence-corrected chi connectivity index (χ1v) is 51.0. The van der Waals surface area contributed by atoms with Crippen molar-refractivity contribution in [3.63, 3.8) is 0 Å². The Morgan fingerprint density at radius 3 is 0.979 bits per heavy atom. The lowest BCUT2D eigenvalue weighted by molar-refractivity contribution is -0.153. The molecule has 27 heteroatoms. The summed E-state index contributed by atoms with van der Waals surface area (Å²) in [6, 6.07) is 74.3. The number of hydrogen-bond donors (Lipinski definition) is 4. The Bertz CT molecular complexity index is 7020. The van der Waals surface area contributed by atoms with Gasteiger partial charge in [-0.3, -0.25) is 86.6 Å². The van der Waals surface area contributed by atoms with Crippen molar-refractivity contribution in [1.82, 2.24) is 39.2 Å². The van der Waals surface area contributed by atoms with Crippen LogP contribution in [0.15, 0.2) is 243 Å². The Labute approximate surface area is 838 Å². The van der Waals surface area contributed by atoms with Gasteiger partial charge in [-0.2, -0.15) is 0 Å². The molecule has 4 N–H and O–H groups in total. The zero-order valence-corrected chi connectivity index (χ0v) is 80.5. The fourth-order valence-electron chi connectivity index (χ4n) is 25.1. The quantitative estimate of drug-likeness (QED) is 0.0615. The fourth-order valence-corrected chi connectivity index (χ4v) is 25.1. The van der Waals surface area contributed by atoms with Crippen molar-refractivity contribution in [2.45, 2.75) is 159 Å². The average Bonchev–Trinajstić information content (AvgIpc) is 1.32. The van der Waals surface area contributed by atoms with Crippen molar-refractivity contribution in [1.29, 1.82) is 0 Å². The maximum atomic E-state index is 13.9. The molecular formula is C118H114N8O19. The first-order chi connectivity index (χ1) is 70.4. The number of fused-ring (bicyclic) bond motifs is 9. The van der Waals surface area contributed by atoms with E-state index in [1.54, 1.807) is 45.0 Å². The van der Waals surface area contributed by atoms with Crippen LogP contribution in [0.5, 0.6) is 0 Å². The molecule has 12 unspecified atom stereocenters. The monoisotopic (exact) mass is 1950 g/mol. The van der Waals surface area contributed by atoms with E-state index >= 15 is 0 Å². The topological polar surface area (TPSA) is 363 Å². The van der Waals surface area contributed by atoms with Crippen molar-refractivity contribution in [2.75, 3.05) is 52.4 Å². The highest BCUT2D eigenvalue weighted by atomic mass is 16.4. The molecule has 8 aliphatic heterocycles. The zero-order valence-electron chi connectivity index (χ0n) is 80.5. The van der Waals surface area contributed by atoms with Gasteiger partial charge in [-0.05, 0) is 191 Å². The number of benzene rings is 11. The molecule has 27 nitrogen and oxygen atoms in total. The van der Waals surface area contributed by atoms with Gasteiger partial charge in [0, 0.05) is 61.3 Å². The highest BCUT2D eigenvalue weighted by Gasteiger charge is 2.51. The lowest BCUT2D eigenvalue weighted by Crippen LogP contribution is -2.52. The second kappa shape index (κ2) is 41.5. The largest absolute Gasteiger partial charge is 0.481 e. The first-order valence-electron chi connectivity index (χ1n) is 51.0. The summed E-state index contributed by atoms with van der Waals surface area (Å²) in [7, 11) is 0. The molecule has 740 valence electrons. The average molecular weight is 1950 g/mol. The number of nitrogens with zero attached hydrogens (tertiary/aromatic N) is 8. The van der Waals surface area contributed by atoms with E-state index in [0.717, 1.165) is 135 Å². The van der Waals surface area contributed by atoms with Crippen LogP contribution in [0.2, 0.25) is 0 Å². The molecule has 4 aliphatic carbocycles. The van der Waals surface area contributed by atoms with Gasteiger partial charge in [0.1, 0.15) is 0 Å². The van der Waals surface area contributed by atoms with Gasteiger partial charge in [0.2, 0.25) is 23.6 Å². The summed E-state index contributed by atoms with van der Waals surface area (Å²) in [6.07, 6.45) is 13.5. The Balaban J connectivity index is 0.000000118. The summed E-state index contributed by atoms with van der Waals surface area (Å²) in [6.45, 7) is 2.87. The van der Waals surface area contributed by atoms with E-state index < -0.39 is 89.3 Å². The number of carbonyl (C=O) groups excluding carboxylic acids is 11. The van der Waals surface area contributed by atoms with Gasteiger partial charge in [-0.25, -0.2) is 0 Å². The predicted molar refractivity (Wildman–Crippen MR) is 538 cm³/mol. The molecule has 11 aromatic carbocycles. The van der Waals surface area contributed by atoms with Gasteiger partial charge >= 0.3 is 23.9 Å². The van der Waals surface area contributed by atoms with E-state index in [0.29, 0.717) is 149 Å². The molecule has 0 saturated heterocycles. The lowest BCUT2D eigenvalue weighted by atomic mass is 9.77. The van der Waals surface area contributed by atoms with E-state index in [-0.39, 0.29) is 90.7 Å². The van der Waals surface area contributed by atoms with Crippen LogP contribution in [-0.4, -0.2) is 201 Å². The summed E-state index contributed by atoms with van der Waals surface area (Å²) in [5.74, 6) is -11.5. The van der Waals surface area contributed by atoms with Crippen LogP contribution in [0.3, 0.4) is 0 Å². The smallest absolute Gasteiger partial charge is 0.307 e. The van der Waals surface area contributed by atoms with Crippen LogP contribution < -0.4 is 0 Å². The van der Waals surface area contributed by atoms with Gasteiger partial charge in [0.15, 0.2) is 0 Å². The number of amides is 11. The SMILES string of the molecule is O=C(O)C1CCCCC1C(=O)N1CCc2ccccc2C1CN1C(=O)c2ccc(-c3ccccc3)cc2C1=O.O=C(O)C1CCCCC1C(=O)N1CCc2ccccc2C1CN1C(=O)c2ccc3ccccc3c2C1=O.O=C(O)C1CCCCC1C(=O)N1CCc2ccccc2C1CN1C(=O)c2cccc3cccc(c23)C1=O.O=C(O)C1CCCCC1C(=O)N1CCc2ccccc2C1CN1Cc2ccccc2C1=O. The summed E-state index contributed by atoms with van der Waals surface area (Å²) < 4.78 is 0. The molecule has 8 heterocycles. The first kappa shape index (κ1) is 97.1. The maximum Gasteiger partial charge on any atom is 0.307 e. The van der Waals surface area contributed by atoms with Gasteiger partial charge in [0.25, 0.3) is 41.4 Å². The minimum atomic E-state index is -0.934. The second-order valence-corrected chi connectivity index (χ2v) is 40.4. The Morgan fingerprint density at radius 2 is 0.572 bits per heavy atom. The number of imide groups is 3. The number of rotatable bonds is 17. The molecule has 0 spiro atoms. The van der Waals surface area contributed by atoms with E-state index in [4.69, 9.17) is 0 Å². The fraction of sp³-hybridized carbons (Fsp3) is 0.347. The van der Waals surface area contributed by atoms with Crippen LogP contribution in [0.25, 0.3) is 32.7 Å². The zero-order chi connectivity index (χ0) is 101. The molecule has 4 saturated carbocycles. The van der Waals surface area contributed by atoms with Gasteiger partial charge in [-0.1, -0.05) is 258 Å².